The third kappa shape index (κ3) is 3.21. The molecule has 0 saturated carbocycles. The molecule has 0 aromatic carbocycles. The molecule has 0 spiro atoms. The van der Waals surface area contributed by atoms with Crippen molar-refractivity contribution in [2.75, 3.05) is 26.2 Å². The third-order valence-corrected chi connectivity index (χ3v) is 2.81. The Hall–Kier alpha value is -1.54. The molecule has 2 heterocycles. The van der Waals surface area contributed by atoms with Crippen molar-refractivity contribution >= 4 is 5.91 Å². The van der Waals surface area contributed by atoms with Crippen molar-refractivity contribution in [3.63, 3.8) is 0 Å². The van der Waals surface area contributed by atoms with Crippen LogP contribution in [0.25, 0.3) is 0 Å². The summed E-state index contributed by atoms with van der Waals surface area (Å²) in [7, 11) is 0. The number of aryl methyl sites for hydroxylation is 1. The fraction of sp³-hybridized carbons (Fsp3) is 0.778. The molecule has 1 saturated heterocycles. The number of H-pyrrole nitrogens is 1. The molecular formula is C9H17N7O. The van der Waals surface area contributed by atoms with Crippen molar-refractivity contribution < 1.29 is 4.79 Å². The number of aromatic amines is 1. The lowest BCUT2D eigenvalue weighted by Gasteiger charge is -2.29. The Balaban J connectivity index is 1.78. The third-order valence-electron chi connectivity index (χ3n) is 2.81. The van der Waals surface area contributed by atoms with Crippen LogP contribution in [0.1, 0.15) is 12.2 Å². The van der Waals surface area contributed by atoms with Gasteiger partial charge >= 0.3 is 0 Å². The van der Waals surface area contributed by atoms with Gasteiger partial charge < -0.3 is 16.0 Å². The standard InChI is InChI=1S/C9H17N7O/c10-7(1-2-8-12-14-15-13-8)9(17)16-5-3-11-4-6-16/h7,11H,1-6,10H2,(H,12,13,14,15). The van der Waals surface area contributed by atoms with Gasteiger partial charge in [0.15, 0.2) is 5.82 Å². The normalized spacial score (nSPS) is 18.1. The Kier molecular flexibility index (Phi) is 3.99. The Morgan fingerprint density at radius 3 is 2.88 bits per heavy atom. The number of nitrogens with two attached hydrogens (primary N) is 1. The van der Waals surface area contributed by atoms with Crippen molar-refractivity contribution in [1.82, 2.24) is 30.8 Å². The second kappa shape index (κ2) is 5.69. The lowest BCUT2D eigenvalue weighted by Crippen LogP contribution is -2.51. The number of hydrogen-bond acceptors (Lipinski definition) is 6. The van der Waals surface area contributed by atoms with E-state index < -0.39 is 6.04 Å². The number of carbonyl (C=O) groups excluding carboxylic acids is 1. The fourth-order valence-corrected chi connectivity index (χ4v) is 1.82. The van der Waals surface area contributed by atoms with Crippen LogP contribution in [-0.4, -0.2) is 63.7 Å². The van der Waals surface area contributed by atoms with Crippen LogP contribution in [0, 0.1) is 0 Å². The van der Waals surface area contributed by atoms with E-state index in [1.807, 2.05) is 0 Å². The number of aromatic nitrogens is 4. The first-order valence-corrected chi connectivity index (χ1v) is 5.75. The van der Waals surface area contributed by atoms with Crippen LogP contribution < -0.4 is 11.1 Å². The van der Waals surface area contributed by atoms with E-state index in [1.54, 1.807) is 4.90 Å². The zero-order valence-electron chi connectivity index (χ0n) is 9.59. The van der Waals surface area contributed by atoms with E-state index >= 15 is 0 Å². The Labute approximate surface area is 98.9 Å². The van der Waals surface area contributed by atoms with Gasteiger partial charge in [0.05, 0.1) is 6.04 Å². The Bertz CT molecular complexity index is 346. The van der Waals surface area contributed by atoms with Gasteiger partial charge in [-0.05, 0) is 6.42 Å². The van der Waals surface area contributed by atoms with E-state index in [2.05, 4.69) is 25.9 Å². The first-order chi connectivity index (χ1) is 8.27. The number of tetrazole rings is 1. The summed E-state index contributed by atoms with van der Waals surface area (Å²) in [5.41, 5.74) is 5.87. The second-order valence-electron chi connectivity index (χ2n) is 4.05. The zero-order valence-corrected chi connectivity index (χ0v) is 9.59. The molecule has 1 aromatic rings. The van der Waals surface area contributed by atoms with Crippen LogP contribution in [0.2, 0.25) is 0 Å². The van der Waals surface area contributed by atoms with Gasteiger partial charge in [-0.3, -0.25) is 4.79 Å². The molecule has 17 heavy (non-hydrogen) atoms. The molecule has 1 aliphatic rings. The summed E-state index contributed by atoms with van der Waals surface area (Å²) in [5.74, 6) is 0.601. The van der Waals surface area contributed by atoms with E-state index in [4.69, 9.17) is 5.73 Å². The molecular weight excluding hydrogens is 222 g/mol. The van der Waals surface area contributed by atoms with E-state index in [0.29, 0.717) is 18.7 Å². The first kappa shape index (κ1) is 11.9. The fourth-order valence-electron chi connectivity index (χ4n) is 1.82. The van der Waals surface area contributed by atoms with Gasteiger partial charge in [-0.25, -0.2) is 0 Å². The molecule has 1 atom stereocenters. The van der Waals surface area contributed by atoms with Gasteiger partial charge in [-0.15, -0.1) is 10.2 Å². The van der Waals surface area contributed by atoms with E-state index in [-0.39, 0.29) is 5.91 Å². The predicted molar refractivity (Wildman–Crippen MR) is 59.9 cm³/mol. The largest absolute Gasteiger partial charge is 0.339 e. The Morgan fingerprint density at radius 1 is 1.47 bits per heavy atom. The van der Waals surface area contributed by atoms with Crippen molar-refractivity contribution in [3.8, 4) is 0 Å². The van der Waals surface area contributed by atoms with Crippen molar-refractivity contribution in [1.29, 1.82) is 0 Å². The van der Waals surface area contributed by atoms with Crippen molar-refractivity contribution in [2.24, 2.45) is 5.73 Å². The van der Waals surface area contributed by atoms with Gasteiger partial charge in [0.2, 0.25) is 5.91 Å². The number of nitrogens with zero attached hydrogens (tertiary/aromatic N) is 4. The molecule has 94 valence electrons. The summed E-state index contributed by atoms with van der Waals surface area (Å²) in [6, 6.07) is -0.480. The summed E-state index contributed by atoms with van der Waals surface area (Å²) >= 11 is 0. The first-order valence-electron chi connectivity index (χ1n) is 5.75. The van der Waals surface area contributed by atoms with Crippen molar-refractivity contribution in [3.05, 3.63) is 5.82 Å². The molecule has 0 radical (unpaired) electrons. The number of amides is 1. The summed E-state index contributed by atoms with van der Waals surface area (Å²) in [6.07, 6.45) is 1.11. The zero-order chi connectivity index (χ0) is 12.1. The number of carbonyl (C=O) groups is 1. The van der Waals surface area contributed by atoms with Crippen LogP contribution >= 0.6 is 0 Å². The number of hydrogen-bond donors (Lipinski definition) is 3. The predicted octanol–water partition coefficient (Wildman–Crippen LogP) is -2.11. The van der Waals surface area contributed by atoms with E-state index in [9.17, 15) is 4.79 Å². The maximum atomic E-state index is 12.0. The molecule has 1 aliphatic heterocycles. The molecule has 1 fully saturated rings. The summed E-state index contributed by atoms with van der Waals surface area (Å²) in [6.45, 7) is 3.14. The summed E-state index contributed by atoms with van der Waals surface area (Å²) < 4.78 is 0. The van der Waals surface area contributed by atoms with Crippen LogP contribution in [0.15, 0.2) is 0 Å². The molecule has 1 aromatic heterocycles. The van der Waals surface area contributed by atoms with Gasteiger partial charge in [0.1, 0.15) is 0 Å². The highest BCUT2D eigenvalue weighted by molar-refractivity contribution is 5.81. The van der Waals surface area contributed by atoms with Crippen LogP contribution in [0.5, 0.6) is 0 Å². The van der Waals surface area contributed by atoms with E-state index in [0.717, 1.165) is 26.2 Å². The van der Waals surface area contributed by atoms with Crippen LogP contribution in [-0.2, 0) is 11.2 Å². The molecule has 1 unspecified atom stereocenters. The molecule has 2 rings (SSSR count). The second-order valence-corrected chi connectivity index (χ2v) is 4.05. The number of nitrogens with one attached hydrogen (secondary N) is 2. The minimum absolute atomic E-state index is 0.00925. The maximum Gasteiger partial charge on any atom is 0.239 e. The summed E-state index contributed by atoms with van der Waals surface area (Å²) in [4.78, 5) is 13.8. The SMILES string of the molecule is NC(CCc1nn[nH]n1)C(=O)N1CCNCC1. The van der Waals surface area contributed by atoms with Gasteiger partial charge in [-0.1, -0.05) is 5.21 Å². The van der Waals surface area contributed by atoms with Crippen LogP contribution in [0.3, 0.4) is 0 Å². The number of rotatable bonds is 4. The number of piperazine rings is 1. The van der Waals surface area contributed by atoms with Crippen LogP contribution in [0.4, 0.5) is 0 Å². The lowest BCUT2D eigenvalue weighted by molar-refractivity contribution is -0.133. The highest BCUT2D eigenvalue weighted by Gasteiger charge is 2.22. The molecule has 4 N–H and O–H groups in total. The highest BCUT2D eigenvalue weighted by Crippen LogP contribution is 2.02. The molecule has 1 amide bonds. The molecule has 0 bridgehead atoms. The maximum absolute atomic E-state index is 12.0. The summed E-state index contributed by atoms with van der Waals surface area (Å²) in [5, 5.41) is 16.7. The molecule has 8 nitrogen and oxygen atoms in total. The smallest absolute Gasteiger partial charge is 0.239 e. The van der Waals surface area contributed by atoms with Gasteiger partial charge in [0.25, 0.3) is 0 Å². The minimum Gasteiger partial charge on any atom is -0.339 e. The molecule has 0 aliphatic carbocycles. The topological polar surface area (TPSA) is 113 Å². The minimum atomic E-state index is -0.480. The quantitative estimate of drug-likeness (QED) is 0.554. The van der Waals surface area contributed by atoms with E-state index in [1.165, 1.54) is 0 Å². The molecule has 8 heteroatoms. The average Bonchev–Trinajstić information content (AvgIpc) is 2.89. The van der Waals surface area contributed by atoms with Crippen molar-refractivity contribution in [2.45, 2.75) is 18.9 Å². The monoisotopic (exact) mass is 239 g/mol. The van der Waals surface area contributed by atoms with Gasteiger partial charge in [-0.2, -0.15) is 5.21 Å². The Morgan fingerprint density at radius 2 is 2.24 bits per heavy atom. The average molecular weight is 239 g/mol. The highest BCUT2D eigenvalue weighted by atomic mass is 16.2. The van der Waals surface area contributed by atoms with Gasteiger partial charge in [0, 0.05) is 32.6 Å². The lowest BCUT2D eigenvalue weighted by atomic mass is 10.1.